The Bertz CT molecular complexity index is 669. The molecule has 1 heterocycles. The third-order valence-electron chi connectivity index (χ3n) is 3.41. The van der Waals surface area contributed by atoms with Crippen LogP contribution in [0.4, 0.5) is 0 Å². The van der Waals surface area contributed by atoms with Crippen LogP contribution in [-0.4, -0.2) is 37.5 Å². The van der Waals surface area contributed by atoms with Crippen LogP contribution >= 0.6 is 0 Å². The highest BCUT2D eigenvalue weighted by atomic mass is 16.4. The Labute approximate surface area is 128 Å². The van der Waals surface area contributed by atoms with Gasteiger partial charge >= 0.3 is 5.97 Å². The van der Waals surface area contributed by atoms with Crippen LogP contribution in [-0.2, 0) is 4.79 Å². The minimum atomic E-state index is -1.28. The molecule has 1 amide bonds. The molecule has 0 radical (unpaired) electrons. The van der Waals surface area contributed by atoms with E-state index in [4.69, 9.17) is 0 Å². The van der Waals surface area contributed by atoms with Gasteiger partial charge in [-0.05, 0) is 31.5 Å². The van der Waals surface area contributed by atoms with Crippen LogP contribution in [0.1, 0.15) is 37.0 Å². The maximum absolute atomic E-state index is 12.3. The van der Waals surface area contributed by atoms with Crippen LogP contribution in [0.25, 0.3) is 5.69 Å². The van der Waals surface area contributed by atoms with Gasteiger partial charge in [-0.3, -0.25) is 4.79 Å². The van der Waals surface area contributed by atoms with Crippen LogP contribution in [0.5, 0.6) is 0 Å². The minimum absolute atomic E-state index is 0.358. The predicted molar refractivity (Wildman–Crippen MR) is 79.8 cm³/mol. The predicted octanol–water partition coefficient (Wildman–Crippen LogP) is 1.64. The third-order valence-corrected chi connectivity index (χ3v) is 3.41. The van der Waals surface area contributed by atoms with Crippen LogP contribution in [0, 0.1) is 0 Å². The molecule has 0 aliphatic rings. The molecule has 2 rings (SSSR count). The summed E-state index contributed by atoms with van der Waals surface area (Å²) in [6.45, 7) is 3.39. The number of benzene rings is 1. The van der Waals surface area contributed by atoms with E-state index >= 15 is 0 Å². The Kier molecular flexibility index (Phi) is 4.55. The second-order valence-electron chi connectivity index (χ2n) is 5.24. The van der Waals surface area contributed by atoms with Crippen molar-refractivity contribution in [2.45, 2.75) is 32.2 Å². The van der Waals surface area contributed by atoms with Crippen molar-refractivity contribution in [2.75, 3.05) is 0 Å². The molecule has 1 aromatic heterocycles. The van der Waals surface area contributed by atoms with Crippen molar-refractivity contribution in [2.24, 2.45) is 0 Å². The molecule has 0 bridgehead atoms. The number of aromatic nitrogens is 3. The number of carboxylic acid groups (broad SMARTS) is 1. The van der Waals surface area contributed by atoms with Crippen LogP contribution < -0.4 is 5.32 Å². The van der Waals surface area contributed by atoms with Gasteiger partial charge in [-0.25, -0.2) is 9.48 Å². The fourth-order valence-corrected chi connectivity index (χ4v) is 2.18. The lowest BCUT2D eigenvalue weighted by Crippen LogP contribution is -2.52. The molecule has 7 nitrogen and oxygen atoms in total. The number of hydrogen-bond acceptors (Lipinski definition) is 4. The van der Waals surface area contributed by atoms with Crippen LogP contribution in [0.3, 0.4) is 0 Å². The Morgan fingerprint density at radius 2 is 2.18 bits per heavy atom. The molecule has 1 unspecified atom stereocenters. The number of nitrogens with zero attached hydrogens (tertiary/aromatic N) is 3. The molecule has 1 atom stereocenters. The topological polar surface area (TPSA) is 97.1 Å². The highest BCUT2D eigenvalue weighted by Gasteiger charge is 2.34. The SMILES string of the molecule is CCCC(C)(NC(=O)c1cccc(-n2ccnn2)c1)C(=O)O. The first kappa shape index (κ1) is 15.7. The molecular weight excluding hydrogens is 284 g/mol. The summed E-state index contributed by atoms with van der Waals surface area (Å²) in [5, 5.41) is 19.5. The lowest BCUT2D eigenvalue weighted by Gasteiger charge is -2.25. The summed E-state index contributed by atoms with van der Waals surface area (Å²) in [6, 6.07) is 6.76. The zero-order chi connectivity index (χ0) is 16.2. The van der Waals surface area contributed by atoms with Gasteiger partial charge in [-0.15, -0.1) is 5.10 Å². The second-order valence-corrected chi connectivity index (χ2v) is 5.24. The van der Waals surface area contributed by atoms with E-state index < -0.39 is 17.4 Å². The zero-order valence-electron chi connectivity index (χ0n) is 12.5. The number of amides is 1. The molecule has 0 aliphatic carbocycles. The van der Waals surface area contributed by atoms with E-state index in [1.807, 2.05) is 6.92 Å². The van der Waals surface area contributed by atoms with E-state index in [0.717, 1.165) is 0 Å². The summed E-state index contributed by atoms with van der Waals surface area (Å²) in [7, 11) is 0. The largest absolute Gasteiger partial charge is 0.480 e. The van der Waals surface area contributed by atoms with Gasteiger partial charge in [0, 0.05) is 5.56 Å². The number of carbonyl (C=O) groups is 2. The molecule has 0 saturated heterocycles. The quantitative estimate of drug-likeness (QED) is 0.845. The van der Waals surface area contributed by atoms with Crippen LogP contribution in [0.2, 0.25) is 0 Å². The Hall–Kier alpha value is -2.70. The molecule has 0 spiro atoms. The van der Waals surface area contributed by atoms with E-state index in [1.54, 1.807) is 30.5 Å². The Morgan fingerprint density at radius 1 is 1.41 bits per heavy atom. The van der Waals surface area contributed by atoms with Crippen molar-refractivity contribution in [3.05, 3.63) is 42.2 Å². The molecule has 0 saturated carbocycles. The number of hydrogen-bond donors (Lipinski definition) is 2. The fraction of sp³-hybridized carbons (Fsp3) is 0.333. The van der Waals surface area contributed by atoms with Crippen molar-refractivity contribution in [1.29, 1.82) is 0 Å². The van der Waals surface area contributed by atoms with Gasteiger partial charge in [-0.1, -0.05) is 24.6 Å². The van der Waals surface area contributed by atoms with Crippen molar-refractivity contribution in [3.8, 4) is 5.69 Å². The Balaban J connectivity index is 2.23. The average molecular weight is 302 g/mol. The number of carbonyl (C=O) groups excluding carboxylic acids is 1. The van der Waals surface area contributed by atoms with Gasteiger partial charge in [0.2, 0.25) is 0 Å². The lowest BCUT2D eigenvalue weighted by molar-refractivity contribution is -0.144. The summed E-state index contributed by atoms with van der Waals surface area (Å²) in [6.07, 6.45) is 4.21. The molecule has 22 heavy (non-hydrogen) atoms. The summed E-state index contributed by atoms with van der Waals surface area (Å²) in [4.78, 5) is 23.7. The highest BCUT2D eigenvalue weighted by Crippen LogP contribution is 2.15. The summed E-state index contributed by atoms with van der Waals surface area (Å²) in [5.74, 6) is -1.48. The van der Waals surface area contributed by atoms with Crippen molar-refractivity contribution < 1.29 is 14.7 Å². The van der Waals surface area contributed by atoms with Crippen molar-refractivity contribution >= 4 is 11.9 Å². The smallest absolute Gasteiger partial charge is 0.329 e. The maximum Gasteiger partial charge on any atom is 0.329 e. The molecular formula is C15H18N4O3. The summed E-state index contributed by atoms with van der Waals surface area (Å²) in [5.41, 5.74) is -0.232. The number of rotatable bonds is 6. The van der Waals surface area contributed by atoms with E-state index in [1.165, 1.54) is 17.8 Å². The third kappa shape index (κ3) is 3.30. The molecule has 0 aliphatic heterocycles. The normalized spacial score (nSPS) is 13.4. The number of aliphatic carboxylic acids is 1. The molecule has 2 aromatic rings. The summed E-state index contributed by atoms with van der Waals surface area (Å²) < 4.78 is 1.53. The van der Waals surface area contributed by atoms with E-state index in [9.17, 15) is 14.7 Å². The molecule has 2 N–H and O–H groups in total. The van der Waals surface area contributed by atoms with Gasteiger partial charge < -0.3 is 10.4 Å². The van der Waals surface area contributed by atoms with E-state index in [2.05, 4.69) is 15.6 Å². The van der Waals surface area contributed by atoms with Gasteiger partial charge in [0.25, 0.3) is 5.91 Å². The molecule has 7 heteroatoms. The maximum atomic E-state index is 12.3. The first-order chi connectivity index (χ1) is 10.5. The monoisotopic (exact) mass is 302 g/mol. The fourth-order valence-electron chi connectivity index (χ4n) is 2.18. The standard InChI is InChI=1S/C15H18N4O3/c1-3-7-15(2,14(21)22)17-13(20)11-5-4-6-12(10-11)19-9-8-16-18-19/h4-6,8-10H,3,7H2,1-2H3,(H,17,20)(H,21,22). The van der Waals surface area contributed by atoms with Crippen LogP contribution in [0.15, 0.2) is 36.7 Å². The number of nitrogens with one attached hydrogen (secondary N) is 1. The van der Waals surface area contributed by atoms with Gasteiger partial charge in [-0.2, -0.15) is 0 Å². The molecule has 0 fully saturated rings. The zero-order valence-corrected chi connectivity index (χ0v) is 12.5. The highest BCUT2D eigenvalue weighted by molar-refractivity contribution is 5.98. The summed E-state index contributed by atoms with van der Waals surface area (Å²) >= 11 is 0. The number of carboxylic acids is 1. The minimum Gasteiger partial charge on any atom is -0.480 e. The second kappa shape index (κ2) is 6.38. The van der Waals surface area contributed by atoms with E-state index in [-0.39, 0.29) is 0 Å². The Morgan fingerprint density at radius 3 is 2.77 bits per heavy atom. The first-order valence-corrected chi connectivity index (χ1v) is 6.99. The van der Waals surface area contributed by atoms with Gasteiger partial charge in [0.15, 0.2) is 0 Å². The van der Waals surface area contributed by atoms with Crippen molar-refractivity contribution in [1.82, 2.24) is 20.3 Å². The molecule has 1 aromatic carbocycles. The average Bonchev–Trinajstić information content (AvgIpc) is 3.01. The molecule has 116 valence electrons. The van der Waals surface area contributed by atoms with Gasteiger partial charge in [0.1, 0.15) is 5.54 Å². The van der Waals surface area contributed by atoms with Gasteiger partial charge in [0.05, 0.1) is 18.1 Å². The first-order valence-electron chi connectivity index (χ1n) is 6.99. The van der Waals surface area contributed by atoms with Crippen molar-refractivity contribution in [3.63, 3.8) is 0 Å². The lowest BCUT2D eigenvalue weighted by atomic mass is 9.95. The van der Waals surface area contributed by atoms with E-state index in [0.29, 0.717) is 24.1 Å².